The fraction of sp³-hybridized carbons (Fsp3) is 0. The number of thiophene rings is 1. The second-order valence-electron chi connectivity index (χ2n) is 3.60. The van der Waals surface area contributed by atoms with Gasteiger partial charge in [0, 0.05) is 4.47 Å². The molecule has 0 aliphatic carbocycles. The van der Waals surface area contributed by atoms with Crippen molar-refractivity contribution in [3.05, 3.63) is 39.7 Å². The number of aromatic carboxylic acids is 1. The molecule has 0 aliphatic heterocycles. The molecule has 90 valence electrons. The lowest BCUT2D eigenvalue weighted by Crippen LogP contribution is -1.94. The molecule has 0 saturated heterocycles. The van der Waals surface area contributed by atoms with Gasteiger partial charge in [0.2, 0.25) is 5.89 Å². The maximum Gasteiger partial charge on any atom is 0.335 e. The van der Waals surface area contributed by atoms with Gasteiger partial charge in [0.15, 0.2) is 5.58 Å². The first-order chi connectivity index (χ1) is 8.65. The van der Waals surface area contributed by atoms with Gasteiger partial charge in [-0.05, 0) is 45.6 Å². The summed E-state index contributed by atoms with van der Waals surface area (Å²) in [5.74, 6) is -0.479. The van der Waals surface area contributed by atoms with Crippen molar-refractivity contribution in [2.75, 3.05) is 0 Å². The van der Waals surface area contributed by atoms with Gasteiger partial charge in [0.1, 0.15) is 10.4 Å². The monoisotopic (exact) mass is 323 g/mol. The number of halogens is 1. The van der Waals surface area contributed by atoms with Crippen LogP contribution < -0.4 is 0 Å². The molecule has 0 fully saturated rings. The molecule has 0 unspecified atom stereocenters. The van der Waals surface area contributed by atoms with E-state index in [1.165, 1.54) is 23.5 Å². The van der Waals surface area contributed by atoms with E-state index in [2.05, 4.69) is 20.9 Å². The summed E-state index contributed by atoms with van der Waals surface area (Å²) in [6.07, 6.45) is 0. The van der Waals surface area contributed by atoms with Crippen LogP contribution in [0.4, 0.5) is 0 Å². The second kappa shape index (κ2) is 4.22. The summed E-state index contributed by atoms with van der Waals surface area (Å²) < 4.78 is 6.52. The molecule has 6 heteroatoms. The first-order valence-corrected chi connectivity index (χ1v) is 6.69. The molecule has 1 aromatic carbocycles. The quantitative estimate of drug-likeness (QED) is 0.773. The first kappa shape index (κ1) is 11.4. The lowest BCUT2D eigenvalue weighted by Gasteiger charge is -1.91. The lowest BCUT2D eigenvalue weighted by atomic mass is 10.2. The van der Waals surface area contributed by atoms with Crippen molar-refractivity contribution in [3.63, 3.8) is 0 Å². The molecule has 0 aliphatic rings. The van der Waals surface area contributed by atoms with Crippen LogP contribution in [0.1, 0.15) is 10.4 Å². The van der Waals surface area contributed by atoms with Crippen molar-refractivity contribution < 1.29 is 14.3 Å². The Kier molecular flexibility index (Phi) is 2.68. The van der Waals surface area contributed by atoms with Gasteiger partial charge in [0.05, 0.1) is 5.56 Å². The van der Waals surface area contributed by atoms with E-state index in [0.29, 0.717) is 17.0 Å². The number of aromatic nitrogens is 1. The molecule has 2 heterocycles. The topological polar surface area (TPSA) is 63.3 Å². The van der Waals surface area contributed by atoms with Crippen molar-refractivity contribution in [1.82, 2.24) is 4.98 Å². The minimum absolute atomic E-state index is 0.201. The van der Waals surface area contributed by atoms with Gasteiger partial charge >= 0.3 is 5.97 Å². The summed E-state index contributed by atoms with van der Waals surface area (Å²) in [5.41, 5.74) is 1.33. The number of rotatable bonds is 2. The highest BCUT2D eigenvalue weighted by Gasteiger charge is 2.14. The van der Waals surface area contributed by atoms with Gasteiger partial charge in [-0.3, -0.25) is 0 Å². The Balaban J connectivity index is 2.17. The Bertz CT molecular complexity index is 747. The summed E-state index contributed by atoms with van der Waals surface area (Å²) in [6, 6.07) is 6.55. The zero-order valence-electron chi connectivity index (χ0n) is 8.88. The maximum absolute atomic E-state index is 10.9. The molecule has 1 N–H and O–H groups in total. The molecule has 0 atom stereocenters. The highest BCUT2D eigenvalue weighted by atomic mass is 79.9. The van der Waals surface area contributed by atoms with E-state index in [4.69, 9.17) is 9.52 Å². The third-order valence-electron chi connectivity index (χ3n) is 2.45. The van der Waals surface area contributed by atoms with E-state index in [-0.39, 0.29) is 5.56 Å². The van der Waals surface area contributed by atoms with Crippen molar-refractivity contribution in [3.8, 4) is 10.8 Å². The van der Waals surface area contributed by atoms with Crippen LogP contribution in [0.25, 0.3) is 21.9 Å². The number of hydrogen-bond acceptors (Lipinski definition) is 4. The predicted octanol–water partition coefficient (Wildman–Crippen LogP) is 4.02. The highest BCUT2D eigenvalue weighted by molar-refractivity contribution is 9.10. The summed E-state index contributed by atoms with van der Waals surface area (Å²) in [6.45, 7) is 0. The van der Waals surface area contributed by atoms with E-state index in [0.717, 1.165) is 9.35 Å². The molecule has 0 amide bonds. The fourth-order valence-electron chi connectivity index (χ4n) is 1.60. The predicted molar refractivity (Wildman–Crippen MR) is 72.0 cm³/mol. The molecule has 4 nitrogen and oxygen atoms in total. The van der Waals surface area contributed by atoms with Gasteiger partial charge in [-0.1, -0.05) is 0 Å². The highest BCUT2D eigenvalue weighted by Crippen LogP contribution is 2.34. The number of carboxylic acids is 1. The van der Waals surface area contributed by atoms with Crippen LogP contribution in [0.15, 0.2) is 38.5 Å². The zero-order valence-corrected chi connectivity index (χ0v) is 11.3. The summed E-state index contributed by atoms with van der Waals surface area (Å²) in [7, 11) is 0. The van der Waals surface area contributed by atoms with Crippen LogP contribution in [-0.4, -0.2) is 16.1 Å². The number of hydrogen-bond donors (Lipinski definition) is 1. The smallest absolute Gasteiger partial charge is 0.335 e. The Hall–Kier alpha value is -1.66. The minimum Gasteiger partial charge on any atom is -0.478 e. The number of nitrogens with zero attached hydrogens (tertiary/aromatic N) is 1. The molecule has 18 heavy (non-hydrogen) atoms. The Morgan fingerprint density at radius 3 is 2.89 bits per heavy atom. The molecular weight excluding hydrogens is 318 g/mol. The van der Waals surface area contributed by atoms with Gasteiger partial charge in [0.25, 0.3) is 0 Å². The zero-order chi connectivity index (χ0) is 12.7. The van der Waals surface area contributed by atoms with Gasteiger partial charge in [-0.15, -0.1) is 11.3 Å². The largest absolute Gasteiger partial charge is 0.478 e. The molecule has 3 rings (SSSR count). The van der Waals surface area contributed by atoms with Crippen LogP contribution >= 0.6 is 27.3 Å². The number of oxazole rings is 1. The molecule has 0 spiro atoms. The van der Waals surface area contributed by atoms with Crippen LogP contribution in [0, 0.1) is 0 Å². The number of carbonyl (C=O) groups is 1. The summed E-state index contributed by atoms with van der Waals surface area (Å²) >= 11 is 4.92. The van der Waals surface area contributed by atoms with E-state index >= 15 is 0 Å². The first-order valence-electron chi connectivity index (χ1n) is 5.02. The molecule has 0 bridgehead atoms. The third-order valence-corrected chi connectivity index (χ3v) is 4.27. The van der Waals surface area contributed by atoms with Gasteiger partial charge in [-0.25, -0.2) is 9.78 Å². The van der Waals surface area contributed by atoms with Crippen molar-refractivity contribution in [1.29, 1.82) is 0 Å². The maximum atomic E-state index is 10.9. The minimum atomic E-state index is -0.973. The van der Waals surface area contributed by atoms with Crippen LogP contribution in [0.2, 0.25) is 0 Å². The van der Waals surface area contributed by atoms with Crippen LogP contribution in [-0.2, 0) is 0 Å². The van der Waals surface area contributed by atoms with Gasteiger partial charge < -0.3 is 9.52 Å². The van der Waals surface area contributed by atoms with Crippen molar-refractivity contribution >= 4 is 44.3 Å². The van der Waals surface area contributed by atoms with E-state index in [9.17, 15) is 4.79 Å². The van der Waals surface area contributed by atoms with Crippen molar-refractivity contribution in [2.45, 2.75) is 0 Å². The molecular formula is C12H6BrNO3S. The van der Waals surface area contributed by atoms with Crippen LogP contribution in [0.5, 0.6) is 0 Å². The van der Waals surface area contributed by atoms with E-state index in [1.54, 1.807) is 6.07 Å². The number of fused-ring (bicyclic) bond motifs is 1. The number of benzene rings is 1. The average Bonchev–Trinajstić information content (AvgIpc) is 2.92. The SMILES string of the molecule is O=C(O)c1ccc2oc(-c3sccc3Br)nc2c1. The molecule has 2 aromatic heterocycles. The van der Waals surface area contributed by atoms with Gasteiger partial charge in [-0.2, -0.15) is 0 Å². The van der Waals surface area contributed by atoms with E-state index in [1.807, 2.05) is 11.4 Å². The standard InChI is InChI=1S/C12H6BrNO3S/c13-7-3-4-18-10(7)11-14-8-5-6(12(15)16)1-2-9(8)17-11/h1-5H,(H,15,16). The molecule has 0 radical (unpaired) electrons. The van der Waals surface area contributed by atoms with Crippen molar-refractivity contribution in [2.24, 2.45) is 0 Å². The number of carboxylic acid groups (broad SMARTS) is 1. The molecule has 3 aromatic rings. The normalized spacial score (nSPS) is 10.9. The summed E-state index contributed by atoms with van der Waals surface area (Å²) in [4.78, 5) is 16.1. The summed E-state index contributed by atoms with van der Waals surface area (Å²) in [5, 5.41) is 10.8. The van der Waals surface area contributed by atoms with Crippen LogP contribution in [0.3, 0.4) is 0 Å². The Morgan fingerprint density at radius 2 is 2.22 bits per heavy atom. The fourth-order valence-corrected chi connectivity index (χ4v) is 3.07. The third kappa shape index (κ3) is 1.83. The average molecular weight is 324 g/mol. The molecule has 0 saturated carbocycles. The Morgan fingerprint density at radius 1 is 1.39 bits per heavy atom. The second-order valence-corrected chi connectivity index (χ2v) is 5.37. The lowest BCUT2D eigenvalue weighted by molar-refractivity contribution is 0.0697. The van der Waals surface area contributed by atoms with E-state index < -0.39 is 5.97 Å². The Labute approximate surface area is 114 Å².